The largest absolute Gasteiger partial charge is 0.493 e. The third-order valence-electron chi connectivity index (χ3n) is 2.03. The minimum Gasteiger partial charge on any atom is -0.493 e. The predicted molar refractivity (Wildman–Crippen MR) is 71.0 cm³/mol. The number of esters is 1. The molecule has 0 fully saturated rings. The van der Waals surface area contributed by atoms with Crippen molar-refractivity contribution in [2.75, 3.05) is 7.11 Å². The molecule has 0 aliphatic carbocycles. The Morgan fingerprint density at radius 3 is 2.76 bits per heavy atom. The first-order valence-electron chi connectivity index (χ1n) is 5.10. The van der Waals surface area contributed by atoms with E-state index in [-0.39, 0.29) is 5.97 Å². The molecular weight excluding hydrogens is 333 g/mol. The van der Waals surface area contributed by atoms with Crippen LogP contribution in [0.3, 0.4) is 0 Å². The van der Waals surface area contributed by atoms with Crippen molar-refractivity contribution in [1.82, 2.24) is 0 Å². The second kappa shape index (κ2) is 6.45. The molecule has 17 heavy (non-hydrogen) atoms. The summed E-state index contributed by atoms with van der Waals surface area (Å²) in [6, 6.07) is 5.23. The first-order chi connectivity index (χ1) is 8.12. The van der Waals surface area contributed by atoms with E-state index < -0.39 is 0 Å². The summed E-state index contributed by atoms with van der Waals surface area (Å²) < 4.78 is 11.0. The maximum absolute atomic E-state index is 11.4. The lowest BCUT2D eigenvalue weighted by Crippen LogP contribution is -2.09. The molecule has 4 nitrogen and oxygen atoms in total. The van der Waals surface area contributed by atoms with Gasteiger partial charge in [0.15, 0.2) is 11.5 Å². The molecule has 0 saturated heterocycles. The number of carbonyl (C=O) groups is 1. The summed E-state index contributed by atoms with van der Waals surface area (Å²) in [6.45, 7) is 1.90. The molecule has 0 radical (unpaired) electrons. The van der Waals surface area contributed by atoms with Crippen LogP contribution in [0.4, 0.5) is 0 Å². The molecule has 1 aromatic carbocycles. The molecule has 1 rings (SSSR count). The highest BCUT2D eigenvalue weighted by Gasteiger charge is 2.14. The van der Waals surface area contributed by atoms with E-state index in [1.807, 2.05) is 35.6 Å². The van der Waals surface area contributed by atoms with E-state index in [1.54, 1.807) is 12.1 Å². The van der Waals surface area contributed by atoms with Crippen LogP contribution in [0.25, 0.3) is 0 Å². The van der Waals surface area contributed by atoms with Gasteiger partial charge in [-0.1, -0.05) is 6.92 Å². The monoisotopic (exact) mass is 345 g/mol. The zero-order valence-electron chi connectivity index (χ0n) is 9.62. The molecule has 5 heteroatoms. The normalized spacial score (nSPS) is 9.53. The highest BCUT2D eigenvalue weighted by atomic mass is 127. The first kappa shape index (κ1) is 13.8. The minimum absolute atomic E-state index is 0.298. The SMILES string of the molecule is CCCC(=O)Oc1c(I)cc(C#N)cc1OC. The van der Waals surface area contributed by atoms with E-state index in [4.69, 9.17) is 14.7 Å². The summed E-state index contributed by atoms with van der Waals surface area (Å²) in [6.07, 6.45) is 1.09. The molecule has 0 unspecified atom stereocenters. The van der Waals surface area contributed by atoms with Crippen molar-refractivity contribution in [2.45, 2.75) is 19.8 Å². The van der Waals surface area contributed by atoms with Crippen LogP contribution in [-0.4, -0.2) is 13.1 Å². The van der Waals surface area contributed by atoms with E-state index in [0.29, 0.717) is 27.1 Å². The van der Waals surface area contributed by atoms with Crippen LogP contribution in [0, 0.1) is 14.9 Å². The Bertz CT molecular complexity index is 466. The molecule has 90 valence electrons. The lowest BCUT2D eigenvalue weighted by Gasteiger charge is -2.11. The summed E-state index contributed by atoms with van der Waals surface area (Å²) in [7, 11) is 1.48. The topological polar surface area (TPSA) is 59.3 Å². The van der Waals surface area contributed by atoms with Crippen molar-refractivity contribution < 1.29 is 14.3 Å². The highest BCUT2D eigenvalue weighted by Crippen LogP contribution is 2.34. The summed E-state index contributed by atoms with van der Waals surface area (Å²) in [5.74, 6) is 0.483. The van der Waals surface area contributed by atoms with Gasteiger partial charge in [-0.25, -0.2) is 0 Å². The molecule has 0 bridgehead atoms. The molecule has 0 heterocycles. The summed E-state index contributed by atoms with van der Waals surface area (Å²) >= 11 is 2.01. The Balaban J connectivity index is 3.06. The molecule has 0 saturated carbocycles. The van der Waals surface area contributed by atoms with Gasteiger partial charge in [-0.2, -0.15) is 5.26 Å². The Labute approximate surface area is 114 Å². The maximum Gasteiger partial charge on any atom is 0.311 e. The van der Waals surface area contributed by atoms with Crippen molar-refractivity contribution in [1.29, 1.82) is 5.26 Å². The number of ether oxygens (including phenoxy) is 2. The molecule has 0 N–H and O–H groups in total. The van der Waals surface area contributed by atoms with E-state index >= 15 is 0 Å². The lowest BCUT2D eigenvalue weighted by molar-refractivity contribution is -0.134. The van der Waals surface area contributed by atoms with Gasteiger partial charge in [0.2, 0.25) is 0 Å². The fourth-order valence-corrected chi connectivity index (χ4v) is 1.96. The number of nitriles is 1. The minimum atomic E-state index is -0.298. The zero-order valence-corrected chi connectivity index (χ0v) is 11.8. The van der Waals surface area contributed by atoms with Crippen LogP contribution >= 0.6 is 22.6 Å². The fourth-order valence-electron chi connectivity index (χ4n) is 1.25. The van der Waals surface area contributed by atoms with Gasteiger partial charge in [0.05, 0.1) is 22.3 Å². The first-order valence-corrected chi connectivity index (χ1v) is 6.18. The molecule has 0 spiro atoms. The Kier molecular flexibility index (Phi) is 5.22. The van der Waals surface area contributed by atoms with Gasteiger partial charge in [0.1, 0.15) is 0 Å². The highest BCUT2D eigenvalue weighted by molar-refractivity contribution is 14.1. The van der Waals surface area contributed by atoms with E-state index in [1.165, 1.54) is 7.11 Å². The van der Waals surface area contributed by atoms with Crippen molar-refractivity contribution in [3.63, 3.8) is 0 Å². The average Bonchev–Trinajstić information content (AvgIpc) is 2.31. The van der Waals surface area contributed by atoms with Crippen LogP contribution in [0.5, 0.6) is 11.5 Å². The molecule has 1 aromatic rings. The van der Waals surface area contributed by atoms with Crippen molar-refractivity contribution in [3.8, 4) is 17.6 Å². The Morgan fingerprint density at radius 2 is 2.24 bits per heavy atom. The summed E-state index contributed by atoms with van der Waals surface area (Å²) in [4.78, 5) is 11.4. The van der Waals surface area contributed by atoms with Crippen LogP contribution in [0.1, 0.15) is 25.3 Å². The van der Waals surface area contributed by atoms with Gasteiger partial charge in [0, 0.05) is 12.5 Å². The fraction of sp³-hybridized carbons (Fsp3) is 0.333. The second-order valence-electron chi connectivity index (χ2n) is 3.33. The van der Waals surface area contributed by atoms with Gasteiger partial charge in [0.25, 0.3) is 0 Å². The molecule has 0 amide bonds. The van der Waals surface area contributed by atoms with Gasteiger partial charge in [-0.05, 0) is 35.1 Å². The molecule has 0 aliphatic rings. The number of nitrogens with zero attached hydrogens (tertiary/aromatic N) is 1. The number of benzene rings is 1. The van der Waals surface area contributed by atoms with Gasteiger partial charge in [-0.15, -0.1) is 0 Å². The molecule has 0 aliphatic heterocycles. The van der Waals surface area contributed by atoms with Crippen molar-refractivity contribution in [2.24, 2.45) is 0 Å². The van der Waals surface area contributed by atoms with Gasteiger partial charge < -0.3 is 9.47 Å². The van der Waals surface area contributed by atoms with E-state index in [0.717, 1.165) is 6.42 Å². The van der Waals surface area contributed by atoms with Crippen LogP contribution in [0.15, 0.2) is 12.1 Å². The molecule has 0 atom stereocenters. The molecular formula is C12H12INO3. The van der Waals surface area contributed by atoms with Crippen molar-refractivity contribution in [3.05, 3.63) is 21.3 Å². The standard InChI is InChI=1S/C12H12INO3/c1-3-4-11(15)17-12-9(13)5-8(7-14)6-10(12)16-2/h5-6H,3-4H2,1-2H3. The third kappa shape index (κ3) is 3.60. The van der Waals surface area contributed by atoms with E-state index in [2.05, 4.69) is 0 Å². The van der Waals surface area contributed by atoms with E-state index in [9.17, 15) is 4.79 Å². The average molecular weight is 345 g/mol. The summed E-state index contributed by atoms with van der Waals surface area (Å²) in [5, 5.41) is 8.82. The number of carbonyl (C=O) groups excluding carboxylic acids is 1. The zero-order chi connectivity index (χ0) is 12.8. The second-order valence-corrected chi connectivity index (χ2v) is 4.49. The Hall–Kier alpha value is -1.29. The van der Waals surface area contributed by atoms with Gasteiger partial charge >= 0.3 is 5.97 Å². The predicted octanol–water partition coefficient (Wildman–Crippen LogP) is 2.88. The van der Waals surface area contributed by atoms with Gasteiger partial charge in [-0.3, -0.25) is 4.79 Å². The number of hydrogen-bond acceptors (Lipinski definition) is 4. The Morgan fingerprint density at radius 1 is 1.53 bits per heavy atom. The molecule has 0 aromatic heterocycles. The maximum atomic E-state index is 11.4. The van der Waals surface area contributed by atoms with Crippen LogP contribution in [-0.2, 0) is 4.79 Å². The number of hydrogen-bond donors (Lipinski definition) is 0. The quantitative estimate of drug-likeness (QED) is 0.478. The van der Waals surface area contributed by atoms with Crippen LogP contribution in [0.2, 0.25) is 0 Å². The number of methoxy groups -OCH3 is 1. The smallest absolute Gasteiger partial charge is 0.311 e. The van der Waals surface area contributed by atoms with Crippen LogP contribution < -0.4 is 9.47 Å². The number of rotatable bonds is 4. The third-order valence-corrected chi connectivity index (χ3v) is 2.83. The summed E-state index contributed by atoms with van der Waals surface area (Å²) in [5.41, 5.74) is 0.474. The van der Waals surface area contributed by atoms with Crippen molar-refractivity contribution >= 4 is 28.6 Å². The lowest BCUT2D eigenvalue weighted by atomic mass is 10.2. The number of halogens is 1.